The molecule has 19 heteroatoms. The summed E-state index contributed by atoms with van der Waals surface area (Å²) in [6, 6.07) is 28.3. The van der Waals surface area contributed by atoms with Crippen LogP contribution in [0.5, 0.6) is 0 Å². The van der Waals surface area contributed by atoms with Crippen LogP contribution in [-0.4, -0.2) is 159 Å². The van der Waals surface area contributed by atoms with Crippen LogP contribution in [0.2, 0.25) is 5.02 Å². The molecule has 4 aromatic carbocycles. The van der Waals surface area contributed by atoms with Gasteiger partial charge in [-0.3, -0.25) is 24.7 Å². The van der Waals surface area contributed by atoms with Crippen LogP contribution in [0.3, 0.4) is 0 Å². The molecule has 72 heavy (non-hydrogen) atoms. The van der Waals surface area contributed by atoms with Crippen LogP contribution in [-0.2, 0) is 10.0 Å². The Morgan fingerprint density at radius 2 is 1.56 bits per heavy atom. The lowest BCUT2D eigenvalue weighted by Gasteiger charge is -2.44. The number of nitrogens with zero attached hydrogens (tertiary/aromatic N) is 6. The predicted octanol–water partition coefficient (Wildman–Crippen LogP) is 8.10. The number of halogens is 1. The van der Waals surface area contributed by atoms with E-state index in [0.29, 0.717) is 36.2 Å². The number of anilines is 2. The second-order valence-electron chi connectivity index (χ2n) is 20.0. The SMILES string of the molecule is CC1(CN2CCN(C(=O)O)CC2)CCC(c2ccc(Cl)cc2)=C(CN2CCN(c3ccc(C(=O)NS(=O)(=O)c4ccc(N[C@H](CCN5CCC(CO)CC5)CSc5ccccc5)c([N+](=O)[O-])c4)cc3)CC2)C1. The predicted molar refractivity (Wildman–Crippen MR) is 285 cm³/mol. The fourth-order valence-electron chi connectivity index (χ4n) is 10.5. The van der Waals surface area contributed by atoms with Gasteiger partial charge in [0.2, 0.25) is 0 Å². The number of nitro groups is 1. The van der Waals surface area contributed by atoms with E-state index in [0.717, 1.165) is 121 Å². The van der Waals surface area contributed by atoms with Crippen molar-refractivity contribution in [3.05, 3.63) is 129 Å². The van der Waals surface area contributed by atoms with Gasteiger partial charge in [0.1, 0.15) is 5.69 Å². The summed E-state index contributed by atoms with van der Waals surface area (Å²) in [6.45, 7) is 12.5. The number of thioether (sulfide) groups is 1. The van der Waals surface area contributed by atoms with Gasteiger partial charge in [-0.15, -0.1) is 11.8 Å². The number of carboxylic acid groups (broad SMARTS) is 1. The largest absolute Gasteiger partial charge is 0.465 e. The Morgan fingerprint density at radius 3 is 2.21 bits per heavy atom. The number of nitrogens with one attached hydrogen (secondary N) is 2. The molecule has 3 fully saturated rings. The molecule has 1 unspecified atom stereocenters. The second-order valence-corrected chi connectivity index (χ2v) is 23.2. The first-order valence-corrected chi connectivity index (χ1v) is 27.9. The van der Waals surface area contributed by atoms with Crippen LogP contribution in [0.15, 0.2) is 112 Å². The van der Waals surface area contributed by atoms with Gasteiger partial charge in [-0.05, 0) is 135 Å². The third-order valence-corrected chi connectivity index (χ3v) is 17.5. The van der Waals surface area contributed by atoms with E-state index in [1.807, 2.05) is 54.6 Å². The molecule has 3 aliphatic heterocycles. The molecule has 0 aromatic heterocycles. The summed E-state index contributed by atoms with van der Waals surface area (Å²) in [5, 5.41) is 35.5. The molecule has 386 valence electrons. The smallest absolute Gasteiger partial charge is 0.407 e. The van der Waals surface area contributed by atoms with Gasteiger partial charge in [0.15, 0.2) is 0 Å². The van der Waals surface area contributed by atoms with Crippen molar-refractivity contribution in [1.29, 1.82) is 0 Å². The zero-order chi connectivity index (χ0) is 50.8. The number of likely N-dealkylation sites (tertiary alicyclic amines) is 1. The topological polar surface area (TPSA) is 192 Å². The molecule has 3 heterocycles. The minimum Gasteiger partial charge on any atom is -0.465 e. The van der Waals surface area contributed by atoms with E-state index in [1.165, 1.54) is 33.7 Å². The normalized spacial score (nSPS) is 20.3. The summed E-state index contributed by atoms with van der Waals surface area (Å²) in [7, 11) is -4.49. The number of hydrogen-bond acceptors (Lipinski definition) is 13. The number of amides is 2. The molecule has 8 rings (SSSR count). The maximum Gasteiger partial charge on any atom is 0.407 e. The zero-order valence-corrected chi connectivity index (χ0v) is 43.4. The Hall–Kier alpha value is -5.21. The van der Waals surface area contributed by atoms with Gasteiger partial charge in [0.25, 0.3) is 21.6 Å². The highest BCUT2D eigenvalue weighted by Gasteiger charge is 2.36. The molecule has 0 spiro atoms. The third-order valence-electron chi connectivity index (χ3n) is 14.8. The number of benzene rings is 4. The van der Waals surface area contributed by atoms with Crippen molar-refractivity contribution in [3.63, 3.8) is 0 Å². The number of hydrogen-bond donors (Lipinski definition) is 4. The van der Waals surface area contributed by atoms with Crippen LogP contribution < -0.4 is 14.9 Å². The molecule has 2 atom stereocenters. The van der Waals surface area contributed by atoms with Crippen LogP contribution in [0.25, 0.3) is 5.57 Å². The molecular weight excluding hydrogens is 976 g/mol. The third kappa shape index (κ3) is 14.1. The Morgan fingerprint density at radius 1 is 0.875 bits per heavy atom. The van der Waals surface area contributed by atoms with E-state index in [9.17, 15) is 38.3 Å². The van der Waals surface area contributed by atoms with Crippen LogP contribution >= 0.6 is 23.4 Å². The maximum absolute atomic E-state index is 13.6. The molecule has 4 aliphatic rings. The number of piperazine rings is 2. The number of piperidine rings is 1. The Bertz CT molecular complexity index is 2640. The van der Waals surface area contributed by atoms with Gasteiger partial charge in [-0.2, -0.15) is 0 Å². The number of nitro benzene ring substituents is 1. The van der Waals surface area contributed by atoms with Gasteiger partial charge in [0.05, 0.1) is 9.82 Å². The second kappa shape index (κ2) is 24.2. The molecule has 0 radical (unpaired) electrons. The van der Waals surface area contributed by atoms with E-state index >= 15 is 0 Å². The average molecular weight is 1040 g/mol. The molecule has 2 amide bonds. The van der Waals surface area contributed by atoms with Gasteiger partial charge < -0.3 is 30.2 Å². The number of carbonyl (C=O) groups is 2. The fraction of sp³-hybridized carbons (Fsp3) is 0.472. The van der Waals surface area contributed by atoms with Crippen molar-refractivity contribution in [2.24, 2.45) is 11.3 Å². The molecule has 3 saturated heterocycles. The first kappa shape index (κ1) is 53.1. The molecule has 1 aliphatic carbocycles. The van der Waals surface area contributed by atoms with Crippen molar-refractivity contribution in [1.82, 2.24) is 24.3 Å². The van der Waals surface area contributed by atoms with E-state index in [4.69, 9.17) is 11.6 Å². The minimum atomic E-state index is -4.49. The molecule has 0 bridgehead atoms. The van der Waals surface area contributed by atoms with Crippen molar-refractivity contribution in [3.8, 4) is 0 Å². The molecular formula is C53H67ClN8O8S2. The van der Waals surface area contributed by atoms with Gasteiger partial charge in [-0.25, -0.2) is 17.9 Å². The van der Waals surface area contributed by atoms with E-state index < -0.39 is 37.5 Å². The van der Waals surface area contributed by atoms with Gasteiger partial charge in [-0.1, -0.05) is 54.4 Å². The van der Waals surface area contributed by atoms with Crippen molar-refractivity contribution >= 4 is 68.0 Å². The van der Waals surface area contributed by atoms with Crippen LogP contribution in [0.1, 0.15) is 61.4 Å². The van der Waals surface area contributed by atoms with Crippen molar-refractivity contribution in [2.45, 2.75) is 61.3 Å². The quantitative estimate of drug-likeness (QED) is 0.0400. The number of aliphatic hydroxyl groups excluding tert-OH is 1. The standard InChI is InChI=1S/C53H67ClN8O8S2/c1-53(38-59-27-31-61(32-28-59)52(65)66)21-17-48(40-7-11-43(54)12-8-40)42(34-53)35-58-25-29-60(30-26-58)45-13-9-41(10-14-45)51(64)56-72(69,70)47-15-16-49(50(33-47)62(67)68)55-44(37-71-46-5-3-2-4-6-46)20-24-57-22-18-39(36-63)19-23-57/h2-16,33,39,44,55,63H,17-32,34-38H2,1H3,(H,56,64)(H,65,66)/t44-,53?/m1/s1. The lowest BCUT2D eigenvalue weighted by Crippen LogP contribution is -2.51. The zero-order valence-electron chi connectivity index (χ0n) is 41.0. The highest BCUT2D eigenvalue weighted by Crippen LogP contribution is 2.44. The lowest BCUT2D eigenvalue weighted by atomic mass is 9.71. The summed E-state index contributed by atoms with van der Waals surface area (Å²) in [5.41, 5.74) is 4.89. The van der Waals surface area contributed by atoms with Crippen LogP contribution in [0.4, 0.5) is 21.9 Å². The lowest BCUT2D eigenvalue weighted by molar-refractivity contribution is -0.384. The summed E-state index contributed by atoms with van der Waals surface area (Å²) >= 11 is 7.93. The minimum absolute atomic E-state index is 0.0540. The number of aliphatic hydroxyl groups is 1. The summed E-state index contributed by atoms with van der Waals surface area (Å²) in [4.78, 5) is 48.5. The maximum atomic E-state index is 13.6. The van der Waals surface area contributed by atoms with Crippen LogP contribution in [0, 0.1) is 21.4 Å². The fourth-order valence-corrected chi connectivity index (χ4v) is 12.7. The first-order valence-electron chi connectivity index (χ1n) is 25.0. The summed E-state index contributed by atoms with van der Waals surface area (Å²) < 4.78 is 29.4. The molecule has 4 aromatic rings. The molecule has 0 saturated carbocycles. The summed E-state index contributed by atoms with van der Waals surface area (Å²) in [6.07, 6.45) is 4.62. The van der Waals surface area contributed by atoms with E-state index in [1.54, 1.807) is 23.9 Å². The van der Waals surface area contributed by atoms with Crippen molar-refractivity contribution in [2.75, 3.05) is 108 Å². The van der Waals surface area contributed by atoms with Gasteiger partial charge >= 0.3 is 6.09 Å². The van der Waals surface area contributed by atoms with E-state index in [2.05, 4.69) is 48.7 Å². The average Bonchev–Trinajstić information content (AvgIpc) is 3.38. The first-order chi connectivity index (χ1) is 34.6. The Labute approximate surface area is 432 Å². The van der Waals surface area contributed by atoms with E-state index in [-0.39, 0.29) is 29.3 Å². The number of carbonyl (C=O) groups excluding carboxylic acids is 1. The number of allylic oxidation sites excluding steroid dienone is 1. The molecule has 16 nitrogen and oxygen atoms in total. The van der Waals surface area contributed by atoms with Crippen molar-refractivity contribution < 1.29 is 33.1 Å². The molecule has 4 N–H and O–H groups in total. The van der Waals surface area contributed by atoms with Gasteiger partial charge in [0, 0.05) is 118 Å². The number of sulfonamides is 1. The monoisotopic (exact) mass is 1040 g/mol. The summed E-state index contributed by atoms with van der Waals surface area (Å²) in [5.74, 6) is 0.0838. The highest BCUT2D eigenvalue weighted by molar-refractivity contribution is 7.99. The Kier molecular flexibility index (Phi) is 17.9. The number of rotatable bonds is 19. The Balaban J connectivity index is 0.871. The highest BCUT2D eigenvalue weighted by atomic mass is 35.5.